The zero-order valence-corrected chi connectivity index (χ0v) is 11.3. The second-order valence-electron chi connectivity index (χ2n) is 3.73. The third-order valence-corrected chi connectivity index (χ3v) is 3.25. The van der Waals surface area contributed by atoms with Gasteiger partial charge in [0.25, 0.3) is 0 Å². The number of hydrogen-bond acceptors (Lipinski definition) is 5. The number of methoxy groups -OCH3 is 1. The molecule has 96 valence electrons. The van der Waals surface area contributed by atoms with Crippen molar-refractivity contribution in [2.75, 3.05) is 14.2 Å². The minimum absolute atomic E-state index is 0.501. The van der Waals surface area contributed by atoms with Gasteiger partial charge in [-0.3, -0.25) is 0 Å². The number of hydrogen-bond donors (Lipinski definition) is 1. The monoisotopic (exact) mass is 264 g/mol. The third kappa shape index (κ3) is 3.45. The molecule has 0 amide bonds. The van der Waals surface area contributed by atoms with Gasteiger partial charge in [-0.25, -0.2) is 4.98 Å². The zero-order chi connectivity index (χ0) is 12.8. The number of benzene rings is 1. The SMILES string of the molecule is CNCc1csc(COc2ccc(OC)cc2)n1. The van der Waals surface area contributed by atoms with Crippen LogP contribution in [-0.2, 0) is 13.2 Å². The molecule has 0 bridgehead atoms. The van der Waals surface area contributed by atoms with E-state index < -0.39 is 0 Å². The summed E-state index contributed by atoms with van der Waals surface area (Å²) < 4.78 is 10.7. The molecule has 1 aromatic heterocycles. The molecule has 0 atom stereocenters. The van der Waals surface area contributed by atoms with Gasteiger partial charge in [0.15, 0.2) is 0 Å². The fraction of sp³-hybridized carbons (Fsp3) is 0.308. The molecule has 0 fully saturated rings. The summed E-state index contributed by atoms with van der Waals surface area (Å²) >= 11 is 1.62. The van der Waals surface area contributed by atoms with Crippen LogP contribution in [0.25, 0.3) is 0 Å². The van der Waals surface area contributed by atoms with E-state index >= 15 is 0 Å². The Hall–Kier alpha value is -1.59. The first-order chi connectivity index (χ1) is 8.81. The second-order valence-corrected chi connectivity index (χ2v) is 4.67. The van der Waals surface area contributed by atoms with Gasteiger partial charge >= 0.3 is 0 Å². The molecular formula is C13H16N2O2S. The molecule has 18 heavy (non-hydrogen) atoms. The van der Waals surface area contributed by atoms with Crippen LogP contribution in [0.4, 0.5) is 0 Å². The quantitative estimate of drug-likeness (QED) is 0.870. The molecule has 0 aliphatic rings. The highest BCUT2D eigenvalue weighted by Crippen LogP contribution is 2.19. The summed E-state index contributed by atoms with van der Waals surface area (Å²) in [6, 6.07) is 7.54. The van der Waals surface area contributed by atoms with Crippen molar-refractivity contribution in [1.29, 1.82) is 0 Å². The smallest absolute Gasteiger partial charge is 0.140 e. The maximum atomic E-state index is 5.65. The van der Waals surface area contributed by atoms with Crippen molar-refractivity contribution in [3.8, 4) is 11.5 Å². The Morgan fingerprint density at radius 2 is 1.94 bits per heavy atom. The van der Waals surface area contributed by atoms with E-state index in [0.29, 0.717) is 6.61 Å². The van der Waals surface area contributed by atoms with Crippen molar-refractivity contribution in [2.24, 2.45) is 0 Å². The van der Waals surface area contributed by atoms with Gasteiger partial charge in [-0.15, -0.1) is 11.3 Å². The van der Waals surface area contributed by atoms with Crippen LogP contribution in [0.2, 0.25) is 0 Å². The molecule has 0 saturated heterocycles. The highest BCUT2D eigenvalue weighted by Gasteiger charge is 2.02. The summed E-state index contributed by atoms with van der Waals surface area (Å²) in [5.41, 5.74) is 1.05. The van der Waals surface area contributed by atoms with Crippen LogP contribution in [0, 0.1) is 0 Å². The van der Waals surface area contributed by atoms with Gasteiger partial charge in [-0.05, 0) is 31.3 Å². The van der Waals surface area contributed by atoms with Crippen molar-refractivity contribution in [1.82, 2.24) is 10.3 Å². The lowest BCUT2D eigenvalue weighted by atomic mass is 10.3. The molecule has 1 heterocycles. The molecular weight excluding hydrogens is 248 g/mol. The molecule has 0 saturated carbocycles. The highest BCUT2D eigenvalue weighted by atomic mass is 32.1. The Morgan fingerprint density at radius 1 is 1.22 bits per heavy atom. The van der Waals surface area contributed by atoms with Crippen LogP contribution in [0.1, 0.15) is 10.7 Å². The Kier molecular flexibility index (Phi) is 4.55. The van der Waals surface area contributed by atoms with E-state index in [-0.39, 0.29) is 0 Å². The summed E-state index contributed by atoms with van der Waals surface area (Å²) in [5, 5.41) is 6.10. The molecule has 5 heteroatoms. The number of thiazole rings is 1. The number of aromatic nitrogens is 1. The van der Waals surface area contributed by atoms with Gasteiger partial charge in [-0.2, -0.15) is 0 Å². The van der Waals surface area contributed by atoms with Gasteiger partial charge in [0.2, 0.25) is 0 Å². The molecule has 2 aromatic rings. The summed E-state index contributed by atoms with van der Waals surface area (Å²) in [5.74, 6) is 1.65. The van der Waals surface area contributed by atoms with Gasteiger partial charge in [0.1, 0.15) is 23.1 Å². The first-order valence-electron chi connectivity index (χ1n) is 5.66. The van der Waals surface area contributed by atoms with E-state index in [4.69, 9.17) is 9.47 Å². The molecule has 2 rings (SSSR count). The van der Waals surface area contributed by atoms with Crippen molar-refractivity contribution in [3.05, 3.63) is 40.3 Å². The summed E-state index contributed by atoms with van der Waals surface area (Å²) in [6.45, 7) is 1.29. The molecule has 0 spiro atoms. The first kappa shape index (κ1) is 12.9. The summed E-state index contributed by atoms with van der Waals surface area (Å²) in [6.07, 6.45) is 0. The number of ether oxygens (including phenoxy) is 2. The lowest BCUT2D eigenvalue weighted by molar-refractivity contribution is 0.304. The molecule has 1 aromatic carbocycles. The van der Waals surface area contributed by atoms with E-state index in [1.165, 1.54) is 0 Å². The van der Waals surface area contributed by atoms with Crippen LogP contribution in [0.3, 0.4) is 0 Å². The second kappa shape index (κ2) is 6.37. The van der Waals surface area contributed by atoms with Crippen LogP contribution < -0.4 is 14.8 Å². The topological polar surface area (TPSA) is 43.4 Å². The van der Waals surface area contributed by atoms with Gasteiger partial charge in [-0.1, -0.05) is 0 Å². The number of nitrogens with one attached hydrogen (secondary N) is 1. The zero-order valence-electron chi connectivity index (χ0n) is 10.5. The average Bonchev–Trinajstić information content (AvgIpc) is 2.85. The predicted molar refractivity (Wildman–Crippen MR) is 72.2 cm³/mol. The summed E-state index contributed by atoms with van der Waals surface area (Å²) in [7, 11) is 3.56. The average molecular weight is 264 g/mol. The predicted octanol–water partition coefficient (Wildman–Crippen LogP) is 2.45. The Labute approximate surface area is 111 Å². The standard InChI is InChI=1S/C13H16N2O2S/c1-14-7-10-9-18-13(15-10)8-17-12-5-3-11(16-2)4-6-12/h3-6,9,14H,7-8H2,1-2H3. The largest absolute Gasteiger partial charge is 0.497 e. The first-order valence-corrected chi connectivity index (χ1v) is 6.54. The van der Waals surface area contributed by atoms with Crippen molar-refractivity contribution in [3.63, 3.8) is 0 Å². The Balaban J connectivity index is 1.89. The van der Waals surface area contributed by atoms with Gasteiger partial charge in [0.05, 0.1) is 12.8 Å². The van der Waals surface area contributed by atoms with Gasteiger partial charge < -0.3 is 14.8 Å². The van der Waals surface area contributed by atoms with E-state index in [2.05, 4.69) is 10.3 Å². The Morgan fingerprint density at radius 3 is 2.61 bits per heavy atom. The van der Waals surface area contributed by atoms with E-state index in [1.54, 1.807) is 18.4 Å². The molecule has 0 aliphatic heterocycles. The molecule has 4 nitrogen and oxygen atoms in total. The lowest BCUT2D eigenvalue weighted by Crippen LogP contribution is -2.05. The van der Waals surface area contributed by atoms with E-state index in [0.717, 1.165) is 28.7 Å². The Bertz CT molecular complexity index is 482. The normalized spacial score (nSPS) is 10.3. The van der Waals surface area contributed by atoms with Crippen LogP contribution in [-0.4, -0.2) is 19.1 Å². The molecule has 1 N–H and O–H groups in total. The van der Waals surface area contributed by atoms with E-state index in [1.807, 2.05) is 36.7 Å². The number of nitrogens with zero attached hydrogens (tertiary/aromatic N) is 1. The minimum atomic E-state index is 0.501. The van der Waals surface area contributed by atoms with Crippen molar-refractivity contribution >= 4 is 11.3 Å². The highest BCUT2D eigenvalue weighted by molar-refractivity contribution is 7.09. The van der Waals surface area contributed by atoms with Crippen molar-refractivity contribution in [2.45, 2.75) is 13.2 Å². The molecule has 0 radical (unpaired) electrons. The molecule has 0 unspecified atom stereocenters. The fourth-order valence-electron chi connectivity index (χ4n) is 1.49. The maximum Gasteiger partial charge on any atom is 0.140 e. The van der Waals surface area contributed by atoms with Crippen molar-refractivity contribution < 1.29 is 9.47 Å². The number of rotatable bonds is 6. The summed E-state index contributed by atoms with van der Waals surface area (Å²) in [4.78, 5) is 4.46. The van der Waals surface area contributed by atoms with Gasteiger partial charge in [0, 0.05) is 11.9 Å². The fourth-order valence-corrected chi connectivity index (χ4v) is 2.20. The lowest BCUT2D eigenvalue weighted by Gasteiger charge is -2.05. The molecule has 0 aliphatic carbocycles. The minimum Gasteiger partial charge on any atom is -0.497 e. The van der Waals surface area contributed by atoms with Crippen LogP contribution in [0.15, 0.2) is 29.6 Å². The van der Waals surface area contributed by atoms with Crippen LogP contribution in [0.5, 0.6) is 11.5 Å². The van der Waals surface area contributed by atoms with Crippen LogP contribution >= 0.6 is 11.3 Å². The third-order valence-electron chi connectivity index (χ3n) is 2.38. The maximum absolute atomic E-state index is 5.65. The van der Waals surface area contributed by atoms with E-state index in [9.17, 15) is 0 Å².